The quantitative estimate of drug-likeness (QED) is 0.534. The molecule has 2 aromatic rings. The lowest BCUT2D eigenvalue weighted by Crippen LogP contribution is -2.42. The molecule has 0 saturated carbocycles. The summed E-state index contributed by atoms with van der Waals surface area (Å²) in [6, 6.07) is 9.84. The number of hydrogen-bond donors (Lipinski definition) is 2. The zero-order valence-corrected chi connectivity index (χ0v) is 16.1. The van der Waals surface area contributed by atoms with Crippen LogP contribution in [-0.2, 0) is 31.2 Å². The highest BCUT2D eigenvalue weighted by atomic mass is 16.5. The Kier molecular flexibility index (Phi) is 5.67. The molecule has 3 rings (SSSR count). The fourth-order valence-electron chi connectivity index (χ4n) is 2.89. The fourth-order valence-corrected chi connectivity index (χ4v) is 2.89. The van der Waals surface area contributed by atoms with Crippen molar-refractivity contribution in [3.8, 4) is 0 Å². The van der Waals surface area contributed by atoms with Gasteiger partial charge in [-0.3, -0.25) is 19.3 Å². The number of ether oxygens (including phenoxy) is 1. The molecule has 1 aromatic carbocycles. The van der Waals surface area contributed by atoms with Crippen LogP contribution < -0.4 is 10.6 Å². The van der Waals surface area contributed by atoms with Crippen molar-refractivity contribution in [3.05, 3.63) is 59.5 Å². The van der Waals surface area contributed by atoms with Crippen LogP contribution in [0, 0.1) is 6.92 Å². The Morgan fingerprint density at radius 1 is 1.21 bits per heavy atom. The smallest absolute Gasteiger partial charge is 0.326 e. The fraction of sp³-hybridized carbons (Fsp3) is 0.300. The lowest BCUT2D eigenvalue weighted by Gasteiger charge is -2.22. The van der Waals surface area contributed by atoms with Crippen molar-refractivity contribution in [2.24, 2.45) is 0 Å². The Labute approximate surface area is 167 Å². The number of benzene rings is 1. The molecule has 0 radical (unpaired) electrons. The third-order valence-electron chi connectivity index (χ3n) is 4.60. The summed E-state index contributed by atoms with van der Waals surface area (Å²) in [6.45, 7) is 2.53. The van der Waals surface area contributed by atoms with Gasteiger partial charge in [0, 0.05) is 0 Å². The van der Waals surface area contributed by atoms with Crippen LogP contribution in [0.25, 0.3) is 0 Å². The standard InChI is InChI=1S/C20H21N3O6/c1-13-5-7-14(8-6-13)20(2)18(26)23(19(27)22-20)11-17(25)29-12-16(24)21-10-15-4-3-9-28-15/h3-9H,10-12H2,1-2H3,(H,21,24)(H,22,27)/t20-/m1/s1. The zero-order valence-electron chi connectivity index (χ0n) is 16.1. The van der Waals surface area contributed by atoms with Gasteiger partial charge >= 0.3 is 12.0 Å². The number of carbonyl (C=O) groups is 4. The molecule has 2 heterocycles. The third kappa shape index (κ3) is 4.45. The normalized spacial score (nSPS) is 18.5. The first kappa shape index (κ1) is 20.1. The van der Waals surface area contributed by atoms with Crippen LogP contribution >= 0.6 is 0 Å². The van der Waals surface area contributed by atoms with Gasteiger partial charge in [-0.15, -0.1) is 0 Å². The van der Waals surface area contributed by atoms with Crippen LogP contribution in [0.3, 0.4) is 0 Å². The topological polar surface area (TPSA) is 118 Å². The molecule has 152 valence electrons. The number of furan rings is 1. The number of urea groups is 1. The highest BCUT2D eigenvalue weighted by Gasteiger charge is 2.49. The molecule has 2 N–H and O–H groups in total. The third-order valence-corrected chi connectivity index (χ3v) is 4.60. The van der Waals surface area contributed by atoms with E-state index in [4.69, 9.17) is 9.15 Å². The lowest BCUT2D eigenvalue weighted by atomic mass is 9.91. The summed E-state index contributed by atoms with van der Waals surface area (Å²) < 4.78 is 9.94. The van der Waals surface area contributed by atoms with Crippen LogP contribution in [0.4, 0.5) is 4.79 Å². The molecular formula is C20H21N3O6. The number of esters is 1. The number of nitrogens with zero attached hydrogens (tertiary/aromatic N) is 1. The minimum atomic E-state index is -1.27. The largest absolute Gasteiger partial charge is 0.467 e. The molecule has 9 nitrogen and oxygen atoms in total. The molecule has 1 atom stereocenters. The van der Waals surface area contributed by atoms with E-state index in [1.54, 1.807) is 31.2 Å². The van der Waals surface area contributed by atoms with Crippen molar-refractivity contribution >= 4 is 23.8 Å². The number of carbonyl (C=O) groups excluding carboxylic acids is 4. The Balaban J connectivity index is 1.53. The van der Waals surface area contributed by atoms with E-state index in [0.717, 1.165) is 10.5 Å². The van der Waals surface area contributed by atoms with E-state index in [9.17, 15) is 19.2 Å². The van der Waals surface area contributed by atoms with Gasteiger partial charge in [0.25, 0.3) is 11.8 Å². The summed E-state index contributed by atoms with van der Waals surface area (Å²) in [5.41, 5.74) is 0.348. The Morgan fingerprint density at radius 3 is 2.59 bits per heavy atom. The zero-order chi connectivity index (χ0) is 21.0. The summed E-state index contributed by atoms with van der Waals surface area (Å²) in [7, 11) is 0. The molecular weight excluding hydrogens is 378 g/mol. The molecule has 1 saturated heterocycles. The van der Waals surface area contributed by atoms with E-state index in [1.807, 2.05) is 19.1 Å². The molecule has 1 aliphatic rings. The average Bonchev–Trinajstić information content (AvgIpc) is 3.28. The maximum Gasteiger partial charge on any atom is 0.326 e. The van der Waals surface area contributed by atoms with Crippen molar-refractivity contribution in [2.45, 2.75) is 25.9 Å². The van der Waals surface area contributed by atoms with E-state index in [0.29, 0.717) is 11.3 Å². The molecule has 0 spiro atoms. The number of rotatable bonds is 7. The second-order valence-electron chi connectivity index (χ2n) is 6.83. The van der Waals surface area contributed by atoms with Crippen molar-refractivity contribution in [3.63, 3.8) is 0 Å². The maximum absolute atomic E-state index is 12.8. The minimum absolute atomic E-state index is 0.158. The van der Waals surface area contributed by atoms with Crippen molar-refractivity contribution in [2.75, 3.05) is 13.2 Å². The van der Waals surface area contributed by atoms with E-state index >= 15 is 0 Å². The molecule has 0 unspecified atom stereocenters. The maximum atomic E-state index is 12.8. The van der Waals surface area contributed by atoms with Gasteiger partial charge in [0.05, 0.1) is 12.8 Å². The molecule has 4 amide bonds. The predicted molar refractivity (Wildman–Crippen MR) is 100 cm³/mol. The number of amides is 4. The Hall–Kier alpha value is -3.62. The summed E-state index contributed by atoms with van der Waals surface area (Å²) >= 11 is 0. The SMILES string of the molecule is Cc1ccc([C@@]2(C)NC(=O)N(CC(=O)OCC(=O)NCc3ccco3)C2=O)cc1. The first-order valence-corrected chi connectivity index (χ1v) is 8.95. The highest BCUT2D eigenvalue weighted by Crippen LogP contribution is 2.28. The van der Waals surface area contributed by atoms with Gasteiger partial charge in [0.15, 0.2) is 6.61 Å². The first-order chi connectivity index (χ1) is 13.8. The molecule has 1 aliphatic heterocycles. The molecule has 1 aromatic heterocycles. The van der Waals surface area contributed by atoms with E-state index in [2.05, 4.69) is 10.6 Å². The Bertz CT molecular complexity index is 922. The van der Waals surface area contributed by atoms with Crippen LogP contribution in [-0.4, -0.2) is 41.9 Å². The number of nitrogens with one attached hydrogen (secondary N) is 2. The second-order valence-corrected chi connectivity index (χ2v) is 6.83. The van der Waals surface area contributed by atoms with Crippen LogP contribution in [0.15, 0.2) is 47.1 Å². The summed E-state index contributed by atoms with van der Waals surface area (Å²) in [5, 5.41) is 5.13. The van der Waals surface area contributed by atoms with Gasteiger partial charge in [-0.2, -0.15) is 0 Å². The Morgan fingerprint density at radius 2 is 1.93 bits per heavy atom. The van der Waals surface area contributed by atoms with Gasteiger partial charge in [0.2, 0.25) is 0 Å². The van der Waals surface area contributed by atoms with Gasteiger partial charge < -0.3 is 19.8 Å². The lowest BCUT2D eigenvalue weighted by molar-refractivity contribution is -0.151. The van der Waals surface area contributed by atoms with E-state index in [-0.39, 0.29) is 6.54 Å². The molecule has 1 fully saturated rings. The van der Waals surface area contributed by atoms with Gasteiger partial charge in [-0.05, 0) is 31.5 Å². The predicted octanol–water partition coefficient (Wildman–Crippen LogP) is 1.21. The highest BCUT2D eigenvalue weighted by molar-refractivity contribution is 6.08. The monoisotopic (exact) mass is 399 g/mol. The van der Waals surface area contributed by atoms with E-state index < -0.39 is 42.5 Å². The van der Waals surface area contributed by atoms with Gasteiger partial charge in [0.1, 0.15) is 17.8 Å². The minimum Gasteiger partial charge on any atom is -0.467 e. The molecule has 29 heavy (non-hydrogen) atoms. The van der Waals surface area contributed by atoms with Gasteiger partial charge in [-0.1, -0.05) is 29.8 Å². The second kappa shape index (κ2) is 8.17. The van der Waals surface area contributed by atoms with Crippen molar-refractivity contribution in [1.82, 2.24) is 15.5 Å². The first-order valence-electron chi connectivity index (χ1n) is 8.95. The number of hydrogen-bond acceptors (Lipinski definition) is 6. The van der Waals surface area contributed by atoms with Crippen LogP contribution in [0.2, 0.25) is 0 Å². The summed E-state index contributed by atoms with van der Waals surface area (Å²) in [6.07, 6.45) is 1.48. The average molecular weight is 399 g/mol. The van der Waals surface area contributed by atoms with Crippen molar-refractivity contribution < 1.29 is 28.3 Å². The summed E-state index contributed by atoms with van der Waals surface area (Å²) in [5.74, 6) is -1.41. The van der Waals surface area contributed by atoms with Crippen LogP contribution in [0.5, 0.6) is 0 Å². The summed E-state index contributed by atoms with van der Waals surface area (Å²) in [4.78, 5) is 49.6. The van der Waals surface area contributed by atoms with Gasteiger partial charge in [-0.25, -0.2) is 4.79 Å². The number of imide groups is 1. The number of aryl methyl sites for hydroxylation is 1. The molecule has 9 heteroatoms. The van der Waals surface area contributed by atoms with Crippen molar-refractivity contribution in [1.29, 1.82) is 0 Å². The van der Waals surface area contributed by atoms with E-state index in [1.165, 1.54) is 6.26 Å². The molecule has 0 aliphatic carbocycles. The molecule has 0 bridgehead atoms. The van der Waals surface area contributed by atoms with Crippen LogP contribution in [0.1, 0.15) is 23.8 Å².